The molecule has 0 atom stereocenters. The Balaban J connectivity index is 2.25. The van der Waals surface area contributed by atoms with Gasteiger partial charge in [-0.25, -0.2) is 4.79 Å². The Morgan fingerprint density at radius 3 is 2.45 bits per heavy atom. The quantitative estimate of drug-likeness (QED) is 0.521. The largest absolute Gasteiger partial charge is 0.480 e. The first-order valence-corrected chi connectivity index (χ1v) is 6.63. The van der Waals surface area contributed by atoms with Gasteiger partial charge in [-0.15, -0.1) is 0 Å². The lowest BCUT2D eigenvalue weighted by atomic mass is 10.3. The van der Waals surface area contributed by atoms with Crippen molar-refractivity contribution in [1.82, 2.24) is 10.2 Å². The molecule has 20 heavy (non-hydrogen) atoms. The summed E-state index contributed by atoms with van der Waals surface area (Å²) in [7, 11) is 0. The second-order valence-electron chi connectivity index (χ2n) is 4.73. The number of primary amides is 1. The summed E-state index contributed by atoms with van der Waals surface area (Å²) in [6.45, 7) is -0.363. The molecule has 1 rings (SSSR count). The van der Waals surface area contributed by atoms with Crippen molar-refractivity contribution in [3.63, 3.8) is 0 Å². The molecule has 0 spiro atoms. The third kappa shape index (κ3) is 6.37. The van der Waals surface area contributed by atoms with E-state index < -0.39 is 31.0 Å². The molecule has 0 unspecified atom stereocenters. The van der Waals surface area contributed by atoms with Crippen molar-refractivity contribution in [2.75, 3.05) is 26.2 Å². The zero-order valence-electron chi connectivity index (χ0n) is 11.3. The normalized spacial score (nSPS) is 15.0. The molecule has 0 aliphatic heterocycles. The van der Waals surface area contributed by atoms with Crippen molar-refractivity contribution >= 4 is 17.9 Å². The number of hydrogen-bond acceptors (Lipinski definition) is 4. The van der Waals surface area contributed by atoms with E-state index >= 15 is 0 Å². The van der Waals surface area contributed by atoms with Gasteiger partial charge in [-0.1, -0.05) is 12.8 Å². The fraction of sp³-hybridized carbons (Fsp3) is 0.750. The fourth-order valence-electron chi connectivity index (χ4n) is 2.10. The van der Waals surface area contributed by atoms with Crippen molar-refractivity contribution in [1.29, 1.82) is 0 Å². The maximum absolute atomic E-state index is 11.7. The summed E-state index contributed by atoms with van der Waals surface area (Å²) in [6, 6.07) is -0.638. The Bertz CT molecular complexity index is 339. The van der Waals surface area contributed by atoms with Crippen LogP contribution in [0.3, 0.4) is 0 Å². The second-order valence-corrected chi connectivity index (χ2v) is 4.73. The third-order valence-electron chi connectivity index (χ3n) is 2.99. The number of nitrogens with one attached hydrogen (secondary N) is 1. The van der Waals surface area contributed by atoms with Crippen LogP contribution in [0.15, 0.2) is 0 Å². The van der Waals surface area contributed by atoms with E-state index in [1.807, 2.05) is 0 Å². The molecule has 114 valence electrons. The summed E-state index contributed by atoms with van der Waals surface area (Å²) in [5.41, 5.74) is 4.97. The van der Waals surface area contributed by atoms with Crippen LogP contribution >= 0.6 is 0 Å². The van der Waals surface area contributed by atoms with E-state index in [2.05, 4.69) is 5.32 Å². The minimum absolute atomic E-state index is 0.257. The fourth-order valence-corrected chi connectivity index (χ4v) is 2.10. The highest BCUT2D eigenvalue weighted by Gasteiger charge is 2.19. The average Bonchev–Trinajstić information content (AvgIpc) is 2.85. The van der Waals surface area contributed by atoms with Crippen LogP contribution < -0.4 is 11.1 Å². The monoisotopic (exact) mass is 287 g/mol. The van der Waals surface area contributed by atoms with E-state index in [4.69, 9.17) is 15.6 Å². The number of carbonyl (C=O) groups excluding carboxylic acids is 2. The summed E-state index contributed by atoms with van der Waals surface area (Å²) in [5.74, 6) is -1.97. The first kappa shape index (κ1) is 16.2. The molecule has 8 heteroatoms. The number of hydrogen-bond donors (Lipinski definition) is 3. The van der Waals surface area contributed by atoms with E-state index in [1.54, 1.807) is 0 Å². The number of carboxylic acids is 1. The summed E-state index contributed by atoms with van der Waals surface area (Å²) in [4.78, 5) is 33.9. The zero-order valence-corrected chi connectivity index (χ0v) is 11.3. The molecule has 1 aliphatic carbocycles. The summed E-state index contributed by atoms with van der Waals surface area (Å²) in [6.07, 6.45) is 4.68. The number of aliphatic carboxylic acids is 1. The molecule has 8 nitrogen and oxygen atoms in total. The van der Waals surface area contributed by atoms with Gasteiger partial charge in [0.1, 0.15) is 13.1 Å². The molecule has 1 aliphatic rings. The number of nitrogens with zero attached hydrogens (tertiary/aromatic N) is 1. The Labute approximate surface area is 117 Å². The SMILES string of the molecule is NC(=O)CN(CC(=O)O)C(=O)NCCOC1CCCC1. The van der Waals surface area contributed by atoms with Crippen molar-refractivity contribution in [2.24, 2.45) is 5.73 Å². The molecule has 4 N–H and O–H groups in total. The molecule has 0 aromatic heterocycles. The van der Waals surface area contributed by atoms with Gasteiger partial charge < -0.3 is 25.8 Å². The standard InChI is InChI=1S/C12H21N3O5/c13-10(16)7-15(8-11(17)18)12(19)14-5-6-20-9-3-1-2-4-9/h9H,1-8H2,(H2,13,16)(H,14,19)(H,17,18). The highest BCUT2D eigenvalue weighted by atomic mass is 16.5. The highest BCUT2D eigenvalue weighted by molar-refractivity contribution is 5.85. The molecule has 1 fully saturated rings. The van der Waals surface area contributed by atoms with Crippen LogP contribution in [0.25, 0.3) is 0 Å². The van der Waals surface area contributed by atoms with Crippen LogP contribution in [0, 0.1) is 0 Å². The van der Waals surface area contributed by atoms with Crippen LogP contribution in [0.2, 0.25) is 0 Å². The number of carboxylic acid groups (broad SMARTS) is 1. The molecule has 0 radical (unpaired) electrons. The van der Waals surface area contributed by atoms with Crippen LogP contribution in [-0.2, 0) is 14.3 Å². The smallest absolute Gasteiger partial charge is 0.323 e. The van der Waals surface area contributed by atoms with Gasteiger partial charge in [-0.3, -0.25) is 9.59 Å². The molecule has 0 heterocycles. The van der Waals surface area contributed by atoms with E-state index in [9.17, 15) is 14.4 Å². The van der Waals surface area contributed by atoms with Gasteiger partial charge in [0.2, 0.25) is 5.91 Å². The summed E-state index contributed by atoms with van der Waals surface area (Å²) < 4.78 is 5.55. The van der Waals surface area contributed by atoms with Gasteiger partial charge in [-0.2, -0.15) is 0 Å². The first-order chi connectivity index (χ1) is 9.49. The number of urea groups is 1. The Hall–Kier alpha value is -1.83. The second kappa shape index (κ2) is 8.36. The molecular weight excluding hydrogens is 266 g/mol. The van der Waals surface area contributed by atoms with Gasteiger partial charge in [0.25, 0.3) is 0 Å². The predicted octanol–water partition coefficient (Wildman–Crippen LogP) is -0.473. The first-order valence-electron chi connectivity index (χ1n) is 6.63. The number of carbonyl (C=O) groups is 3. The minimum atomic E-state index is -1.20. The van der Waals surface area contributed by atoms with Gasteiger partial charge in [0.15, 0.2) is 0 Å². The number of ether oxygens (including phenoxy) is 1. The van der Waals surface area contributed by atoms with E-state index in [1.165, 1.54) is 12.8 Å². The molecule has 0 saturated heterocycles. The third-order valence-corrected chi connectivity index (χ3v) is 2.99. The highest BCUT2D eigenvalue weighted by Crippen LogP contribution is 2.20. The van der Waals surface area contributed by atoms with Gasteiger partial charge in [-0.05, 0) is 12.8 Å². The van der Waals surface area contributed by atoms with Crippen LogP contribution in [0.1, 0.15) is 25.7 Å². The van der Waals surface area contributed by atoms with Crippen LogP contribution in [0.5, 0.6) is 0 Å². The predicted molar refractivity (Wildman–Crippen MR) is 70.0 cm³/mol. The number of amides is 3. The Morgan fingerprint density at radius 1 is 1.25 bits per heavy atom. The molecule has 0 bridgehead atoms. The molecule has 0 aromatic rings. The number of nitrogens with two attached hydrogens (primary N) is 1. The Kier molecular flexibility index (Phi) is 6.78. The van der Waals surface area contributed by atoms with E-state index in [-0.39, 0.29) is 12.6 Å². The lowest BCUT2D eigenvalue weighted by Crippen LogP contribution is -2.47. The lowest BCUT2D eigenvalue weighted by Gasteiger charge is -2.20. The summed E-state index contributed by atoms with van der Waals surface area (Å²) >= 11 is 0. The average molecular weight is 287 g/mol. The topological polar surface area (TPSA) is 122 Å². The van der Waals surface area contributed by atoms with Crippen molar-refractivity contribution in [2.45, 2.75) is 31.8 Å². The van der Waals surface area contributed by atoms with Crippen molar-refractivity contribution < 1.29 is 24.2 Å². The van der Waals surface area contributed by atoms with E-state index in [0.717, 1.165) is 17.7 Å². The van der Waals surface area contributed by atoms with Crippen LogP contribution in [0.4, 0.5) is 4.79 Å². The van der Waals surface area contributed by atoms with Crippen molar-refractivity contribution in [3.8, 4) is 0 Å². The molecular formula is C12H21N3O5. The van der Waals surface area contributed by atoms with Crippen LogP contribution in [-0.4, -0.2) is 60.3 Å². The zero-order chi connectivity index (χ0) is 15.0. The van der Waals surface area contributed by atoms with Gasteiger partial charge in [0.05, 0.1) is 12.7 Å². The maximum atomic E-state index is 11.7. The molecule has 3 amide bonds. The number of rotatable bonds is 8. The Morgan fingerprint density at radius 2 is 1.90 bits per heavy atom. The molecule has 0 aromatic carbocycles. The van der Waals surface area contributed by atoms with Gasteiger partial charge >= 0.3 is 12.0 Å². The minimum Gasteiger partial charge on any atom is -0.480 e. The summed E-state index contributed by atoms with van der Waals surface area (Å²) in [5, 5.41) is 11.2. The maximum Gasteiger partial charge on any atom is 0.323 e. The molecule has 1 saturated carbocycles. The van der Waals surface area contributed by atoms with Gasteiger partial charge in [0, 0.05) is 6.54 Å². The lowest BCUT2D eigenvalue weighted by molar-refractivity contribution is -0.137. The van der Waals surface area contributed by atoms with Crippen molar-refractivity contribution in [3.05, 3.63) is 0 Å². The van der Waals surface area contributed by atoms with E-state index in [0.29, 0.717) is 6.61 Å².